The summed E-state index contributed by atoms with van der Waals surface area (Å²) in [5.41, 5.74) is -0.120. The lowest BCUT2D eigenvalue weighted by Gasteiger charge is -2.09. The number of nitrogens with one attached hydrogen (secondary N) is 1. The maximum atomic E-state index is 12.0. The van der Waals surface area contributed by atoms with Gasteiger partial charge in [-0.05, 0) is 25.0 Å². The van der Waals surface area contributed by atoms with Gasteiger partial charge in [0.05, 0.1) is 9.82 Å². The smallest absolute Gasteiger partial charge is 0.258 e. The molecule has 0 bridgehead atoms. The number of nitro groups is 1. The van der Waals surface area contributed by atoms with Gasteiger partial charge in [0.25, 0.3) is 5.69 Å². The topological polar surface area (TPSA) is 89.3 Å². The van der Waals surface area contributed by atoms with Gasteiger partial charge in [-0.3, -0.25) is 10.1 Å². The maximum Gasteiger partial charge on any atom is 0.269 e. The Labute approximate surface area is 128 Å². The van der Waals surface area contributed by atoms with E-state index in [4.69, 9.17) is 0 Å². The first-order chi connectivity index (χ1) is 9.99. The highest BCUT2D eigenvalue weighted by Crippen LogP contribution is 2.28. The molecule has 0 aromatic heterocycles. The van der Waals surface area contributed by atoms with E-state index in [0.717, 1.165) is 5.75 Å². The molecule has 0 spiro atoms. The zero-order valence-corrected chi connectivity index (χ0v) is 13.2. The van der Waals surface area contributed by atoms with Gasteiger partial charge in [-0.25, -0.2) is 13.1 Å². The summed E-state index contributed by atoms with van der Waals surface area (Å²) >= 11 is 1.81. The molecule has 0 amide bonds. The summed E-state index contributed by atoms with van der Waals surface area (Å²) in [7, 11) is -3.58. The van der Waals surface area contributed by atoms with Gasteiger partial charge in [-0.15, -0.1) is 0 Å². The molecule has 8 heteroatoms. The molecule has 0 saturated heterocycles. The third-order valence-corrected chi connectivity index (χ3v) is 6.27. The Bertz CT molecular complexity index is 581. The number of sulfonamides is 1. The molecule has 1 aliphatic rings. The second kappa shape index (κ2) is 7.24. The van der Waals surface area contributed by atoms with Gasteiger partial charge in [-0.1, -0.05) is 12.8 Å². The average Bonchev–Trinajstić information content (AvgIpc) is 2.97. The lowest BCUT2D eigenvalue weighted by atomic mass is 10.3. The molecule has 2 rings (SSSR count). The molecular weight excluding hydrogens is 312 g/mol. The molecular formula is C13H18N2O4S2. The molecule has 0 aliphatic heterocycles. The van der Waals surface area contributed by atoms with E-state index in [-0.39, 0.29) is 10.6 Å². The molecule has 1 fully saturated rings. The number of benzene rings is 1. The standard InChI is InChI=1S/C13H18N2O4S2/c16-15(17)11-5-7-13(8-6-11)21(18,19)14-9-10-20-12-3-1-2-4-12/h5-8,12,14H,1-4,9-10H2. The first kappa shape index (κ1) is 16.3. The Morgan fingerprint density at radius 2 is 1.86 bits per heavy atom. The van der Waals surface area contributed by atoms with Crippen molar-refractivity contribution in [3.8, 4) is 0 Å². The summed E-state index contributed by atoms with van der Waals surface area (Å²) < 4.78 is 26.6. The van der Waals surface area contributed by atoms with Crippen LogP contribution in [0.15, 0.2) is 29.2 Å². The van der Waals surface area contributed by atoms with Crippen molar-refractivity contribution in [2.75, 3.05) is 12.3 Å². The minimum Gasteiger partial charge on any atom is -0.258 e. The minimum atomic E-state index is -3.58. The number of thioether (sulfide) groups is 1. The number of nitrogens with zero attached hydrogens (tertiary/aromatic N) is 1. The predicted octanol–water partition coefficient (Wildman–Crippen LogP) is 2.55. The molecule has 21 heavy (non-hydrogen) atoms. The average molecular weight is 330 g/mol. The summed E-state index contributed by atoms with van der Waals surface area (Å²) in [6.07, 6.45) is 4.98. The Morgan fingerprint density at radius 1 is 1.24 bits per heavy atom. The van der Waals surface area contributed by atoms with E-state index < -0.39 is 14.9 Å². The van der Waals surface area contributed by atoms with Crippen LogP contribution >= 0.6 is 11.8 Å². The molecule has 0 atom stereocenters. The largest absolute Gasteiger partial charge is 0.269 e. The van der Waals surface area contributed by atoms with Gasteiger partial charge in [0.1, 0.15) is 0 Å². The van der Waals surface area contributed by atoms with Crippen molar-refractivity contribution in [3.05, 3.63) is 34.4 Å². The van der Waals surface area contributed by atoms with Gasteiger partial charge in [0.15, 0.2) is 0 Å². The van der Waals surface area contributed by atoms with Gasteiger partial charge >= 0.3 is 0 Å². The van der Waals surface area contributed by atoms with Crippen LogP contribution in [-0.4, -0.2) is 30.9 Å². The lowest BCUT2D eigenvalue weighted by Crippen LogP contribution is -2.26. The Morgan fingerprint density at radius 3 is 2.43 bits per heavy atom. The molecule has 1 saturated carbocycles. The molecule has 6 nitrogen and oxygen atoms in total. The summed E-state index contributed by atoms with van der Waals surface area (Å²) in [5.74, 6) is 0.747. The van der Waals surface area contributed by atoms with Crippen molar-refractivity contribution in [3.63, 3.8) is 0 Å². The molecule has 0 heterocycles. The van der Waals surface area contributed by atoms with Crippen LogP contribution < -0.4 is 4.72 Å². The fourth-order valence-electron chi connectivity index (χ4n) is 2.29. The van der Waals surface area contributed by atoms with Gasteiger partial charge < -0.3 is 0 Å². The van der Waals surface area contributed by atoms with E-state index in [0.29, 0.717) is 11.8 Å². The van der Waals surface area contributed by atoms with Crippen LogP contribution in [0.2, 0.25) is 0 Å². The Balaban J connectivity index is 1.84. The highest BCUT2D eigenvalue weighted by atomic mass is 32.2. The van der Waals surface area contributed by atoms with Crippen LogP contribution in [0.1, 0.15) is 25.7 Å². The number of nitro benzene ring substituents is 1. The second-order valence-corrected chi connectivity index (χ2v) is 8.10. The van der Waals surface area contributed by atoms with Crippen LogP contribution in [0, 0.1) is 10.1 Å². The quantitative estimate of drug-likeness (QED) is 0.471. The molecule has 1 N–H and O–H groups in total. The number of non-ortho nitro benzene ring substituents is 1. The van der Waals surface area contributed by atoms with Crippen molar-refractivity contribution < 1.29 is 13.3 Å². The highest BCUT2D eigenvalue weighted by Gasteiger charge is 2.17. The van der Waals surface area contributed by atoms with Crippen LogP contribution in [-0.2, 0) is 10.0 Å². The Kier molecular flexibility index (Phi) is 5.60. The normalized spacial score (nSPS) is 16.2. The molecule has 1 aliphatic carbocycles. The van der Waals surface area contributed by atoms with Crippen molar-refractivity contribution in [2.24, 2.45) is 0 Å². The van der Waals surface area contributed by atoms with E-state index in [1.54, 1.807) is 0 Å². The van der Waals surface area contributed by atoms with E-state index in [1.807, 2.05) is 11.8 Å². The van der Waals surface area contributed by atoms with Crippen molar-refractivity contribution in [1.82, 2.24) is 4.72 Å². The molecule has 1 aromatic rings. The molecule has 116 valence electrons. The number of hydrogen-bond acceptors (Lipinski definition) is 5. The zero-order chi connectivity index (χ0) is 15.3. The summed E-state index contributed by atoms with van der Waals surface area (Å²) in [4.78, 5) is 10.0. The zero-order valence-electron chi connectivity index (χ0n) is 11.5. The molecule has 0 unspecified atom stereocenters. The SMILES string of the molecule is O=[N+]([O-])c1ccc(S(=O)(=O)NCCSC2CCCC2)cc1. The molecule has 1 aromatic carbocycles. The van der Waals surface area contributed by atoms with E-state index in [1.165, 1.54) is 49.9 Å². The first-order valence-electron chi connectivity index (χ1n) is 6.85. The third kappa shape index (κ3) is 4.69. The van der Waals surface area contributed by atoms with E-state index >= 15 is 0 Å². The van der Waals surface area contributed by atoms with E-state index in [9.17, 15) is 18.5 Å². The van der Waals surface area contributed by atoms with Crippen molar-refractivity contribution in [2.45, 2.75) is 35.8 Å². The van der Waals surface area contributed by atoms with Crippen LogP contribution in [0.25, 0.3) is 0 Å². The van der Waals surface area contributed by atoms with E-state index in [2.05, 4.69) is 4.72 Å². The van der Waals surface area contributed by atoms with Gasteiger partial charge in [0, 0.05) is 29.7 Å². The highest BCUT2D eigenvalue weighted by molar-refractivity contribution is 8.00. The first-order valence-corrected chi connectivity index (χ1v) is 9.38. The summed E-state index contributed by atoms with van der Waals surface area (Å²) in [6.45, 7) is 0.375. The lowest BCUT2D eigenvalue weighted by molar-refractivity contribution is -0.384. The second-order valence-electron chi connectivity index (χ2n) is 4.93. The van der Waals surface area contributed by atoms with Crippen molar-refractivity contribution in [1.29, 1.82) is 0 Å². The summed E-state index contributed by atoms with van der Waals surface area (Å²) in [6, 6.07) is 4.90. The maximum absolute atomic E-state index is 12.0. The van der Waals surface area contributed by atoms with Gasteiger partial charge in [0.2, 0.25) is 10.0 Å². The Hall–Kier alpha value is -1.12. The summed E-state index contributed by atoms with van der Waals surface area (Å²) in [5, 5.41) is 11.2. The number of rotatable bonds is 7. The fraction of sp³-hybridized carbons (Fsp3) is 0.538. The van der Waals surface area contributed by atoms with Gasteiger partial charge in [-0.2, -0.15) is 11.8 Å². The van der Waals surface area contributed by atoms with Crippen LogP contribution in [0.4, 0.5) is 5.69 Å². The predicted molar refractivity (Wildman–Crippen MR) is 83.0 cm³/mol. The fourth-order valence-corrected chi connectivity index (χ4v) is 4.67. The van der Waals surface area contributed by atoms with Crippen LogP contribution in [0.5, 0.6) is 0 Å². The third-order valence-electron chi connectivity index (χ3n) is 3.41. The van der Waals surface area contributed by atoms with Crippen molar-refractivity contribution >= 4 is 27.5 Å². The number of hydrogen-bond donors (Lipinski definition) is 1. The molecule has 0 radical (unpaired) electrons. The van der Waals surface area contributed by atoms with Crippen LogP contribution in [0.3, 0.4) is 0 Å². The minimum absolute atomic E-state index is 0.0546. The monoisotopic (exact) mass is 330 g/mol.